The second-order valence-electron chi connectivity index (χ2n) is 8.07. The zero-order chi connectivity index (χ0) is 23.4. The molecule has 10 heteroatoms. The summed E-state index contributed by atoms with van der Waals surface area (Å²) in [6, 6.07) is 10.8. The Labute approximate surface area is 190 Å². The molecule has 1 heterocycles. The van der Waals surface area contributed by atoms with Crippen molar-refractivity contribution in [2.45, 2.75) is 31.7 Å². The van der Waals surface area contributed by atoms with Gasteiger partial charge < -0.3 is 20.3 Å². The minimum atomic E-state index is -0.824. The molecule has 2 fully saturated rings. The number of nitro groups is 1. The van der Waals surface area contributed by atoms with Crippen LogP contribution in [0.1, 0.15) is 46.4 Å². The number of anilines is 2. The summed E-state index contributed by atoms with van der Waals surface area (Å²) in [7, 11) is 0. The maximum Gasteiger partial charge on any atom is 0.341 e. The first kappa shape index (κ1) is 22.3. The van der Waals surface area contributed by atoms with Gasteiger partial charge in [0.25, 0.3) is 17.5 Å². The van der Waals surface area contributed by atoms with Crippen LogP contribution in [0.5, 0.6) is 0 Å². The predicted octanol–water partition coefficient (Wildman–Crippen LogP) is 2.88. The van der Waals surface area contributed by atoms with Gasteiger partial charge in [-0.1, -0.05) is 12.1 Å². The summed E-state index contributed by atoms with van der Waals surface area (Å²) in [5.41, 5.74) is 0.988. The Morgan fingerprint density at radius 2 is 1.79 bits per heavy atom. The van der Waals surface area contributed by atoms with E-state index in [1.165, 1.54) is 18.2 Å². The van der Waals surface area contributed by atoms with Crippen LogP contribution in [0.4, 0.5) is 17.1 Å². The van der Waals surface area contributed by atoms with Crippen molar-refractivity contribution in [2.75, 3.05) is 29.9 Å². The van der Waals surface area contributed by atoms with E-state index in [0.29, 0.717) is 16.9 Å². The highest BCUT2D eigenvalue weighted by Crippen LogP contribution is 2.29. The average molecular weight is 452 g/mol. The Morgan fingerprint density at radius 3 is 2.48 bits per heavy atom. The first-order valence-electron chi connectivity index (χ1n) is 10.8. The highest BCUT2D eigenvalue weighted by molar-refractivity contribution is 6.05. The van der Waals surface area contributed by atoms with Crippen molar-refractivity contribution in [1.82, 2.24) is 5.32 Å². The molecule has 2 amide bonds. The van der Waals surface area contributed by atoms with Crippen LogP contribution in [0, 0.1) is 10.1 Å². The zero-order valence-corrected chi connectivity index (χ0v) is 17.9. The van der Waals surface area contributed by atoms with Gasteiger partial charge in [0.05, 0.1) is 27.4 Å². The minimum Gasteiger partial charge on any atom is -0.452 e. The van der Waals surface area contributed by atoms with Gasteiger partial charge in [0, 0.05) is 31.3 Å². The SMILES string of the molecule is O=C(COC(=O)c1cc([N+](=O)[O-])ccc1N1CCCC1)Nc1ccccc1C(=O)NC1CC1. The van der Waals surface area contributed by atoms with E-state index in [2.05, 4.69) is 10.6 Å². The summed E-state index contributed by atoms with van der Waals surface area (Å²) in [6.07, 6.45) is 3.80. The fourth-order valence-electron chi connectivity index (χ4n) is 3.71. The average Bonchev–Trinajstić information content (AvgIpc) is 3.45. The Morgan fingerprint density at radius 1 is 1.06 bits per heavy atom. The van der Waals surface area contributed by atoms with E-state index in [4.69, 9.17) is 4.74 Å². The van der Waals surface area contributed by atoms with Crippen LogP contribution < -0.4 is 15.5 Å². The molecule has 1 saturated heterocycles. The lowest BCUT2D eigenvalue weighted by Crippen LogP contribution is -2.28. The molecule has 1 aliphatic heterocycles. The van der Waals surface area contributed by atoms with E-state index in [9.17, 15) is 24.5 Å². The molecule has 0 bridgehead atoms. The molecule has 0 unspecified atom stereocenters. The second kappa shape index (κ2) is 9.68. The standard InChI is InChI=1S/C23H24N4O6/c28-21(25-19-6-2-1-5-17(19)22(29)24-15-7-8-15)14-33-23(30)18-13-16(27(31)32)9-10-20(18)26-11-3-4-12-26/h1-2,5-6,9-10,13,15H,3-4,7-8,11-12,14H2,(H,24,29)(H,25,28). The molecule has 1 saturated carbocycles. The van der Waals surface area contributed by atoms with Crippen LogP contribution in [0.2, 0.25) is 0 Å². The largest absolute Gasteiger partial charge is 0.452 e. The van der Waals surface area contributed by atoms with E-state index in [-0.39, 0.29) is 23.2 Å². The summed E-state index contributed by atoms with van der Waals surface area (Å²) >= 11 is 0. The van der Waals surface area contributed by atoms with Gasteiger partial charge in [-0.25, -0.2) is 4.79 Å². The molecule has 2 aliphatic rings. The molecular weight excluding hydrogens is 428 g/mol. The number of ether oxygens (including phenoxy) is 1. The van der Waals surface area contributed by atoms with Gasteiger partial charge in [-0.15, -0.1) is 0 Å². The smallest absolute Gasteiger partial charge is 0.341 e. The van der Waals surface area contributed by atoms with Crippen LogP contribution in [-0.4, -0.2) is 48.4 Å². The van der Waals surface area contributed by atoms with Gasteiger partial charge in [0.15, 0.2) is 6.61 Å². The number of carbonyl (C=O) groups is 3. The van der Waals surface area contributed by atoms with Crippen LogP contribution in [0.25, 0.3) is 0 Å². The van der Waals surface area contributed by atoms with Crippen molar-refractivity contribution >= 4 is 34.8 Å². The Hall–Kier alpha value is -3.95. The van der Waals surface area contributed by atoms with E-state index < -0.39 is 23.4 Å². The molecule has 4 rings (SSSR count). The number of nitrogens with zero attached hydrogens (tertiary/aromatic N) is 2. The minimum absolute atomic E-state index is 0.0445. The molecule has 172 valence electrons. The van der Waals surface area contributed by atoms with Gasteiger partial charge in [0.1, 0.15) is 0 Å². The highest BCUT2D eigenvalue weighted by atomic mass is 16.6. The van der Waals surface area contributed by atoms with Crippen LogP contribution in [0.15, 0.2) is 42.5 Å². The number of para-hydroxylation sites is 1. The van der Waals surface area contributed by atoms with Crippen LogP contribution in [0.3, 0.4) is 0 Å². The molecule has 1 aliphatic carbocycles. The Bertz CT molecular complexity index is 1090. The Kier molecular flexibility index (Phi) is 6.53. The number of hydrogen-bond acceptors (Lipinski definition) is 7. The van der Waals surface area contributed by atoms with Crippen molar-refractivity contribution in [3.63, 3.8) is 0 Å². The van der Waals surface area contributed by atoms with Crippen molar-refractivity contribution in [3.8, 4) is 0 Å². The topological polar surface area (TPSA) is 131 Å². The van der Waals surface area contributed by atoms with Gasteiger partial charge >= 0.3 is 5.97 Å². The van der Waals surface area contributed by atoms with E-state index in [0.717, 1.165) is 38.8 Å². The summed E-state index contributed by atoms with van der Waals surface area (Å²) in [4.78, 5) is 50.1. The van der Waals surface area contributed by atoms with Gasteiger partial charge in [-0.3, -0.25) is 19.7 Å². The molecule has 0 spiro atoms. The lowest BCUT2D eigenvalue weighted by atomic mass is 10.1. The van der Waals surface area contributed by atoms with Gasteiger partial charge in [-0.05, 0) is 43.9 Å². The molecule has 2 aromatic carbocycles. The molecule has 0 aromatic heterocycles. The quantitative estimate of drug-likeness (QED) is 0.358. The first-order chi connectivity index (χ1) is 15.9. The third-order valence-electron chi connectivity index (χ3n) is 5.55. The lowest BCUT2D eigenvalue weighted by molar-refractivity contribution is -0.384. The van der Waals surface area contributed by atoms with Crippen molar-refractivity contribution < 1.29 is 24.0 Å². The van der Waals surface area contributed by atoms with E-state index in [1.54, 1.807) is 24.3 Å². The monoisotopic (exact) mass is 452 g/mol. The van der Waals surface area contributed by atoms with E-state index in [1.807, 2.05) is 4.90 Å². The third kappa shape index (κ3) is 5.46. The molecule has 0 radical (unpaired) electrons. The van der Waals surface area contributed by atoms with E-state index >= 15 is 0 Å². The summed E-state index contributed by atoms with van der Waals surface area (Å²) in [5.74, 6) is -1.73. The molecule has 10 nitrogen and oxygen atoms in total. The number of carbonyl (C=O) groups excluding carboxylic acids is 3. The number of non-ortho nitro benzene ring substituents is 1. The number of benzene rings is 2. The molecule has 2 N–H and O–H groups in total. The summed E-state index contributed by atoms with van der Waals surface area (Å²) in [6.45, 7) is 0.871. The number of hydrogen-bond donors (Lipinski definition) is 2. The Balaban J connectivity index is 1.43. The van der Waals surface area contributed by atoms with Gasteiger partial charge in [0.2, 0.25) is 0 Å². The highest BCUT2D eigenvalue weighted by Gasteiger charge is 2.26. The number of nitro benzene ring substituents is 1. The normalized spacial score (nSPS) is 15.1. The van der Waals surface area contributed by atoms with Crippen molar-refractivity contribution in [3.05, 3.63) is 63.7 Å². The maximum absolute atomic E-state index is 12.7. The molecule has 33 heavy (non-hydrogen) atoms. The number of nitrogens with one attached hydrogen (secondary N) is 2. The fourth-order valence-corrected chi connectivity index (χ4v) is 3.71. The van der Waals surface area contributed by atoms with Crippen molar-refractivity contribution in [2.24, 2.45) is 0 Å². The summed E-state index contributed by atoms with van der Waals surface area (Å²) < 4.78 is 5.17. The molecule has 2 aromatic rings. The second-order valence-corrected chi connectivity index (χ2v) is 8.07. The van der Waals surface area contributed by atoms with Gasteiger partial charge in [-0.2, -0.15) is 0 Å². The van der Waals surface area contributed by atoms with Crippen molar-refractivity contribution in [1.29, 1.82) is 0 Å². The molecule has 0 atom stereocenters. The first-order valence-corrected chi connectivity index (χ1v) is 10.8. The fraction of sp³-hybridized carbons (Fsp3) is 0.348. The maximum atomic E-state index is 12.7. The number of esters is 1. The summed E-state index contributed by atoms with van der Waals surface area (Å²) in [5, 5.41) is 16.6. The number of rotatable bonds is 8. The van der Waals surface area contributed by atoms with Crippen LogP contribution >= 0.6 is 0 Å². The lowest BCUT2D eigenvalue weighted by Gasteiger charge is -2.20. The predicted molar refractivity (Wildman–Crippen MR) is 120 cm³/mol. The van der Waals surface area contributed by atoms with Crippen LogP contribution in [-0.2, 0) is 9.53 Å². The number of amides is 2. The molecular formula is C23H24N4O6. The third-order valence-corrected chi connectivity index (χ3v) is 5.55. The zero-order valence-electron chi connectivity index (χ0n) is 17.9.